The van der Waals surface area contributed by atoms with E-state index in [1.165, 1.54) is 12.0 Å². The van der Waals surface area contributed by atoms with E-state index >= 15 is 0 Å². The summed E-state index contributed by atoms with van der Waals surface area (Å²) in [4.78, 5) is 29.6. The lowest BCUT2D eigenvalue weighted by Crippen LogP contribution is -2.54. The Bertz CT molecular complexity index is 1440. The number of anilines is 1. The number of carbonyl (C=O) groups is 2. The lowest BCUT2D eigenvalue weighted by molar-refractivity contribution is -0.140. The maximum Gasteiger partial charge on any atom is 0.244 e. The van der Waals surface area contributed by atoms with Crippen LogP contribution in [-0.4, -0.2) is 57.1 Å². The van der Waals surface area contributed by atoms with Crippen LogP contribution in [0.15, 0.2) is 72.8 Å². The molecule has 0 saturated carbocycles. The van der Waals surface area contributed by atoms with Crippen molar-refractivity contribution in [3.05, 3.63) is 95.1 Å². The summed E-state index contributed by atoms with van der Waals surface area (Å²) in [5, 5.41) is 3.04. The van der Waals surface area contributed by atoms with Gasteiger partial charge in [0, 0.05) is 19.0 Å². The van der Waals surface area contributed by atoms with E-state index in [2.05, 4.69) is 5.32 Å². The quantitative estimate of drug-likeness (QED) is 0.319. The monoisotopic (exact) mass is 579 g/mol. The standard InChI is InChI=1S/C32H41N3O5S/c1-7-25(4)33-32(37)29(20-26-14-9-8-10-15-26)34(21-27-16-12-11-13-24(27)3)31(36)22-35(41(6,38)39)28-19-23(2)17-18-30(28)40-5/h8-19,25,29H,7,20-22H2,1-6H3,(H,33,37)/t25-,29-/m1/s1. The van der Waals surface area contributed by atoms with Gasteiger partial charge in [0.25, 0.3) is 0 Å². The molecule has 9 heteroatoms. The van der Waals surface area contributed by atoms with Crippen molar-refractivity contribution >= 4 is 27.5 Å². The first kappa shape index (κ1) is 31.7. The van der Waals surface area contributed by atoms with Crippen LogP contribution in [0.3, 0.4) is 0 Å². The molecule has 2 amide bonds. The minimum Gasteiger partial charge on any atom is -0.495 e. The highest BCUT2D eigenvalue weighted by Crippen LogP contribution is 2.31. The van der Waals surface area contributed by atoms with E-state index in [0.29, 0.717) is 5.75 Å². The van der Waals surface area contributed by atoms with E-state index in [1.807, 2.05) is 88.4 Å². The van der Waals surface area contributed by atoms with Crippen LogP contribution >= 0.6 is 0 Å². The molecule has 0 unspecified atom stereocenters. The number of aryl methyl sites for hydroxylation is 2. The molecular formula is C32H41N3O5S. The van der Waals surface area contributed by atoms with Crippen molar-refractivity contribution in [1.29, 1.82) is 0 Å². The first-order valence-corrected chi connectivity index (χ1v) is 15.6. The summed E-state index contributed by atoms with van der Waals surface area (Å²) in [6.45, 7) is 7.33. The van der Waals surface area contributed by atoms with Gasteiger partial charge in [0.05, 0.1) is 19.1 Å². The number of amides is 2. The largest absolute Gasteiger partial charge is 0.495 e. The summed E-state index contributed by atoms with van der Waals surface area (Å²) < 4.78 is 32.7. The molecule has 0 aliphatic carbocycles. The number of nitrogens with zero attached hydrogens (tertiary/aromatic N) is 2. The predicted octanol–water partition coefficient (Wildman–Crippen LogP) is 4.63. The Morgan fingerprint density at radius 2 is 1.63 bits per heavy atom. The lowest BCUT2D eigenvalue weighted by Gasteiger charge is -2.34. The fourth-order valence-corrected chi connectivity index (χ4v) is 5.40. The average Bonchev–Trinajstić information content (AvgIpc) is 2.94. The summed E-state index contributed by atoms with van der Waals surface area (Å²) in [5.74, 6) is -0.457. The summed E-state index contributed by atoms with van der Waals surface area (Å²) in [5.41, 5.74) is 3.80. The summed E-state index contributed by atoms with van der Waals surface area (Å²) in [6, 6.07) is 21.4. The molecular weight excluding hydrogens is 538 g/mol. The molecule has 2 atom stereocenters. The number of hydrogen-bond acceptors (Lipinski definition) is 5. The molecule has 220 valence electrons. The zero-order valence-electron chi connectivity index (χ0n) is 24.8. The molecule has 1 N–H and O–H groups in total. The van der Waals surface area contributed by atoms with Gasteiger partial charge >= 0.3 is 0 Å². The van der Waals surface area contributed by atoms with Crippen molar-refractivity contribution in [2.45, 2.75) is 59.2 Å². The number of hydrogen-bond donors (Lipinski definition) is 1. The first-order chi connectivity index (χ1) is 19.4. The van der Waals surface area contributed by atoms with Gasteiger partial charge in [-0.3, -0.25) is 13.9 Å². The van der Waals surface area contributed by atoms with Gasteiger partial charge in [-0.1, -0.05) is 67.6 Å². The lowest BCUT2D eigenvalue weighted by atomic mass is 10.0. The topological polar surface area (TPSA) is 96.0 Å². The Labute approximate surface area is 244 Å². The van der Waals surface area contributed by atoms with E-state index in [-0.39, 0.29) is 30.6 Å². The van der Waals surface area contributed by atoms with Crippen LogP contribution in [0, 0.1) is 13.8 Å². The SMILES string of the molecule is CC[C@@H](C)NC(=O)[C@@H](Cc1ccccc1)N(Cc1ccccc1C)C(=O)CN(c1cc(C)ccc1OC)S(C)(=O)=O. The molecule has 0 radical (unpaired) electrons. The van der Waals surface area contributed by atoms with Gasteiger partial charge in [-0.2, -0.15) is 0 Å². The Morgan fingerprint density at radius 3 is 2.24 bits per heavy atom. The molecule has 3 aromatic carbocycles. The average molecular weight is 580 g/mol. The Morgan fingerprint density at radius 1 is 0.976 bits per heavy atom. The van der Waals surface area contributed by atoms with Crippen molar-refractivity contribution in [3.63, 3.8) is 0 Å². The Hall–Kier alpha value is -3.85. The molecule has 0 aliphatic heterocycles. The molecule has 0 saturated heterocycles. The predicted molar refractivity (Wildman–Crippen MR) is 163 cm³/mol. The zero-order chi connectivity index (χ0) is 30.2. The van der Waals surface area contributed by atoms with Crippen molar-refractivity contribution in [3.8, 4) is 5.75 Å². The van der Waals surface area contributed by atoms with Gasteiger partial charge in [-0.15, -0.1) is 0 Å². The number of nitrogens with one attached hydrogen (secondary N) is 1. The molecule has 0 heterocycles. The molecule has 0 spiro atoms. The van der Waals surface area contributed by atoms with Gasteiger partial charge in [-0.05, 0) is 61.6 Å². The highest BCUT2D eigenvalue weighted by molar-refractivity contribution is 7.92. The van der Waals surface area contributed by atoms with Crippen LogP contribution < -0.4 is 14.4 Å². The fourth-order valence-electron chi connectivity index (χ4n) is 4.56. The van der Waals surface area contributed by atoms with E-state index in [1.54, 1.807) is 12.1 Å². The summed E-state index contributed by atoms with van der Waals surface area (Å²) >= 11 is 0. The third kappa shape index (κ3) is 8.57. The van der Waals surface area contributed by atoms with E-state index in [0.717, 1.165) is 39.2 Å². The number of methoxy groups -OCH3 is 1. The van der Waals surface area contributed by atoms with Gasteiger partial charge in [0.2, 0.25) is 21.8 Å². The molecule has 41 heavy (non-hydrogen) atoms. The third-order valence-electron chi connectivity index (χ3n) is 7.16. The second kappa shape index (κ2) is 14.2. The number of carbonyl (C=O) groups excluding carboxylic acids is 2. The number of benzene rings is 3. The van der Waals surface area contributed by atoms with Crippen LogP contribution in [0.4, 0.5) is 5.69 Å². The second-order valence-electron chi connectivity index (χ2n) is 10.4. The summed E-state index contributed by atoms with van der Waals surface area (Å²) in [7, 11) is -2.45. The van der Waals surface area contributed by atoms with Crippen molar-refractivity contribution in [2.24, 2.45) is 0 Å². The maximum absolute atomic E-state index is 14.3. The van der Waals surface area contributed by atoms with Crippen molar-refractivity contribution < 1.29 is 22.7 Å². The molecule has 0 bridgehead atoms. The highest BCUT2D eigenvalue weighted by Gasteiger charge is 2.34. The molecule has 0 fully saturated rings. The minimum atomic E-state index is -3.90. The number of rotatable bonds is 13. The second-order valence-corrected chi connectivity index (χ2v) is 12.3. The number of ether oxygens (including phenoxy) is 1. The Balaban J connectivity index is 2.11. The van der Waals surface area contributed by atoms with E-state index < -0.39 is 28.5 Å². The molecule has 0 aliphatic rings. The number of sulfonamides is 1. The van der Waals surface area contributed by atoms with Crippen LogP contribution in [0.5, 0.6) is 5.75 Å². The normalized spacial score (nSPS) is 12.7. The van der Waals surface area contributed by atoms with Crippen LogP contribution in [0.25, 0.3) is 0 Å². The van der Waals surface area contributed by atoms with E-state index in [9.17, 15) is 18.0 Å². The molecule has 3 aromatic rings. The summed E-state index contributed by atoms with van der Waals surface area (Å²) in [6.07, 6.45) is 2.06. The highest BCUT2D eigenvalue weighted by atomic mass is 32.2. The van der Waals surface area contributed by atoms with Crippen LogP contribution in [0.1, 0.15) is 42.5 Å². The molecule has 0 aromatic heterocycles. The fraction of sp³-hybridized carbons (Fsp3) is 0.375. The van der Waals surface area contributed by atoms with Crippen LogP contribution in [-0.2, 0) is 32.6 Å². The smallest absolute Gasteiger partial charge is 0.244 e. The van der Waals surface area contributed by atoms with E-state index in [4.69, 9.17) is 4.74 Å². The minimum absolute atomic E-state index is 0.0970. The van der Waals surface area contributed by atoms with Gasteiger partial charge in [0.1, 0.15) is 18.3 Å². The van der Waals surface area contributed by atoms with Crippen molar-refractivity contribution in [1.82, 2.24) is 10.2 Å². The van der Waals surface area contributed by atoms with Crippen LogP contribution in [0.2, 0.25) is 0 Å². The Kier molecular flexibility index (Phi) is 10.9. The zero-order valence-corrected chi connectivity index (χ0v) is 25.6. The maximum atomic E-state index is 14.3. The molecule has 3 rings (SSSR count). The van der Waals surface area contributed by atoms with Gasteiger partial charge in [-0.25, -0.2) is 8.42 Å². The van der Waals surface area contributed by atoms with Crippen molar-refractivity contribution in [2.75, 3.05) is 24.2 Å². The third-order valence-corrected chi connectivity index (χ3v) is 8.28. The van der Waals surface area contributed by atoms with Gasteiger partial charge in [0.15, 0.2) is 0 Å². The molecule has 8 nitrogen and oxygen atoms in total. The van der Waals surface area contributed by atoms with Gasteiger partial charge < -0.3 is 15.0 Å². The first-order valence-electron chi connectivity index (χ1n) is 13.7.